The lowest BCUT2D eigenvalue weighted by Crippen LogP contribution is -2.24. The quantitative estimate of drug-likeness (QED) is 0.771. The molecule has 2 aliphatic rings. The fraction of sp³-hybridized carbons (Fsp3) is 0.500. The summed E-state index contributed by atoms with van der Waals surface area (Å²) in [6, 6.07) is 6.77. The highest BCUT2D eigenvalue weighted by atomic mass is 14.9. The fourth-order valence-electron chi connectivity index (χ4n) is 3.07. The summed E-state index contributed by atoms with van der Waals surface area (Å²) < 4.78 is 0. The van der Waals surface area contributed by atoms with Crippen molar-refractivity contribution in [1.29, 1.82) is 0 Å². The van der Waals surface area contributed by atoms with E-state index in [-0.39, 0.29) is 0 Å². The number of hydrogen-bond acceptors (Lipinski definition) is 1. The molecule has 1 aliphatic heterocycles. The Hall–Kier alpha value is -1.08. The third-order valence-corrected chi connectivity index (χ3v) is 4.03. The molecule has 0 saturated heterocycles. The van der Waals surface area contributed by atoms with Crippen LogP contribution in [0.2, 0.25) is 0 Å². The molecular weight excluding hydrogens is 206 g/mol. The molecule has 1 saturated carbocycles. The van der Waals surface area contributed by atoms with Crippen molar-refractivity contribution in [3.63, 3.8) is 0 Å². The Balaban J connectivity index is 1.91. The van der Waals surface area contributed by atoms with E-state index in [1.165, 1.54) is 49.7 Å². The smallest absolute Gasteiger partial charge is 0.0208 e. The molecule has 1 aromatic rings. The Morgan fingerprint density at radius 1 is 1.00 bits per heavy atom. The number of nitrogens with one attached hydrogen (secondary N) is 1. The summed E-state index contributed by atoms with van der Waals surface area (Å²) in [5, 5.41) is 3.45. The second kappa shape index (κ2) is 5.05. The van der Waals surface area contributed by atoms with Crippen LogP contribution in [0.15, 0.2) is 23.8 Å². The van der Waals surface area contributed by atoms with E-state index in [9.17, 15) is 0 Å². The van der Waals surface area contributed by atoms with Crippen LogP contribution < -0.4 is 5.32 Å². The van der Waals surface area contributed by atoms with Gasteiger partial charge in [0.2, 0.25) is 0 Å². The van der Waals surface area contributed by atoms with Crippen LogP contribution in [0, 0.1) is 0 Å². The first kappa shape index (κ1) is 11.0. The van der Waals surface area contributed by atoms with Crippen molar-refractivity contribution < 1.29 is 0 Å². The molecule has 1 aliphatic carbocycles. The summed E-state index contributed by atoms with van der Waals surface area (Å²) in [7, 11) is 0. The average Bonchev–Trinajstić information content (AvgIpc) is 2.40. The fourth-order valence-corrected chi connectivity index (χ4v) is 3.07. The van der Waals surface area contributed by atoms with Gasteiger partial charge in [0, 0.05) is 6.54 Å². The molecule has 1 heteroatoms. The molecule has 0 atom stereocenters. The Bertz CT molecular complexity index is 423. The second-order valence-electron chi connectivity index (χ2n) is 5.27. The van der Waals surface area contributed by atoms with E-state index in [1.54, 1.807) is 11.1 Å². The van der Waals surface area contributed by atoms with Gasteiger partial charge in [-0.15, -0.1) is 0 Å². The van der Waals surface area contributed by atoms with Crippen LogP contribution in [-0.2, 0) is 13.0 Å². The standard InChI is InChI=1S/C16H21N/c1-2-5-13(6-3-1)11-14-7-4-8-15-12-17-10-9-16(14)15/h4,7-8,11,17H,1-3,5-6,9-10,12H2. The van der Waals surface area contributed by atoms with Gasteiger partial charge in [0.15, 0.2) is 0 Å². The first-order valence-corrected chi connectivity index (χ1v) is 6.94. The van der Waals surface area contributed by atoms with Crippen LogP contribution >= 0.6 is 0 Å². The molecule has 1 N–H and O–H groups in total. The van der Waals surface area contributed by atoms with Gasteiger partial charge in [0.25, 0.3) is 0 Å². The van der Waals surface area contributed by atoms with E-state index in [0.717, 1.165) is 13.1 Å². The molecule has 0 unspecified atom stereocenters. The van der Waals surface area contributed by atoms with Crippen LogP contribution in [0.4, 0.5) is 0 Å². The molecule has 1 fully saturated rings. The predicted octanol–water partition coefficient (Wildman–Crippen LogP) is 3.68. The molecule has 0 amide bonds. The van der Waals surface area contributed by atoms with Crippen LogP contribution in [0.1, 0.15) is 48.8 Å². The summed E-state index contributed by atoms with van der Waals surface area (Å²) in [6.45, 7) is 2.18. The number of rotatable bonds is 1. The molecule has 1 aromatic carbocycles. The van der Waals surface area contributed by atoms with E-state index in [1.807, 2.05) is 0 Å². The summed E-state index contributed by atoms with van der Waals surface area (Å²) in [6.07, 6.45) is 10.5. The highest BCUT2D eigenvalue weighted by molar-refractivity contribution is 5.59. The Labute approximate surface area is 104 Å². The SMILES string of the molecule is C(=C1CCCCC1)c1cccc2c1CCNC2. The zero-order chi connectivity index (χ0) is 11.5. The van der Waals surface area contributed by atoms with E-state index in [0.29, 0.717) is 0 Å². The predicted molar refractivity (Wildman–Crippen MR) is 72.9 cm³/mol. The first-order chi connectivity index (χ1) is 8.43. The van der Waals surface area contributed by atoms with E-state index < -0.39 is 0 Å². The summed E-state index contributed by atoms with van der Waals surface area (Å²) in [5.74, 6) is 0. The van der Waals surface area contributed by atoms with Gasteiger partial charge in [-0.1, -0.05) is 36.3 Å². The Kier molecular flexibility index (Phi) is 3.28. The van der Waals surface area contributed by atoms with Gasteiger partial charge < -0.3 is 5.32 Å². The van der Waals surface area contributed by atoms with Crippen molar-refractivity contribution in [2.24, 2.45) is 0 Å². The average molecular weight is 227 g/mol. The summed E-state index contributed by atoms with van der Waals surface area (Å²) in [4.78, 5) is 0. The number of benzene rings is 1. The van der Waals surface area contributed by atoms with Gasteiger partial charge in [-0.25, -0.2) is 0 Å². The van der Waals surface area contributed by atoms with Crippen molar-refractivity contribution >= 4 is 6.08 Å². The molecule has 90 valence electrons. The monoisotopic (exact) mass is 227 g/mol. The normalized spacial score (nSPS) is 19.9. The topological polar surface area (TPSA) is 12.0 Å². The molecule has 0 radical (unpaired) electrons. The minimum Gasteiger partial charge on any atom is -0.312 e. The minimum atomic E-state index is 1.05. The van der Waals surface area contributed by atoms with Gasteiger partial charge in [0.1, 0.15) is 0 Å². The van der Waals surface area contributed by atoms with E-state index >= 15 is 0 Å². The number of allylic oxidation sites excluding steroid dienone is 1. The Morgan fingerprint density at radius 2 is 1.88 bits per heavy atom. The van der Waals surface area contributed by atoms with Crippen molar-refractivity contribution in [2.45, 2.75) is 45.1 Å². The lowest BCUT2D eigenvalue weighted by atomic mass is 9.90. The second-order valence-corrected chi connectivity index (χ2v) is 5.27. The summed E-state index contributed by atoms with van der Waals surface area (Å²) >= 11 is 0. The van der Waals surface area contributed by atoms with Gasteiger partial charge in [-0.3, -0.25) is 0 Å². The number of fused-ring (bicyclic) bond motifs is 1. The maximum Gasteiger partial charge on any atom is 0.0208 e. The number of hydrogen-bond donors (Lipinski definition) is 1. The van der Waals surface area contributed by atoms with Crippen LogP contribution in [0.3, 0.4) is 0 Å². The third-order valence-electron chi connectivity index (χ3n) is 4.03. The maximum atomic E-state index is 3.45. The van der Waals surface area contributed by atoms with E-state index in [2.05, 4.69) is 29.6 Å². The van der Waals surface area contributed by atoms with Gasteiger partial charge in [-0.2, -0.15) is 0 Å². The van der Waals surface area contributed by atoms with Crippen molar-refractivity contribution in [1.82, 2.24) is 5.32 Å². The molecule has 1 nitrogen and oxygen atoms in total. The van der Waals surface area contributed by atoms with Crippen molar-refractivity contribution in [3.05, 3.63) is 40.5 Å². The van der Waals surface area contributed by atoms with Gasteiger partial charge in [0.05, 0.1) is 0 Å². The lowest BCUT2D eigenvalue weighted by Gasteiger charge is -2.20. The van der Waals surface area contributed by atoms with Crippen molar-refractivity contribution in [3.8, 4) is 0 Å². The highest BCUT2D eigenvalue weighted by Crippen LogP contribution is 2.27. The highest BCUT2D eigenvalue weighted by Gasteiger charge is 2.12. The third kappa shape index (κ3) is 2.44. The molecular formula is C16H21N. The van der Waals surface area contributed by atoms with Crippen LogP contribution in [0.5, 0.6) is 0 Å². The zero-order valence-electron chi connectivity index (χ0n) is 10.5. The first-order valence-electron chi connectivity index (χ1n) is 6.94. The Morgan fingerprint density at radius 3 is 2.76 bits per heavy atom. The van der Waals surface area contributed by atoms with Gasteiger partial charge in [-0.05, 0) is 55.3 Å². The van der Waals surface area contributed by atoms with E-state index in [4.69, 9.17) is 0 Å². The van der Waals surface area contributed by atoms with Gasteiger partial charge >= 0.3 is 0 Å². The minimum absolute atomic E-state index is 1.05. The largest absolute Gasteiger partial charge is 0.312 e. The maximum absolute atomic E-state index is 3.45. The molecule has 17 heavy (non-hydrogen) atoms. The molecule has 1 heterocycles. The summed E-state index contributed by atoms with van der Waals surface area (Å²) in [5.41, 5.74) is 6.25. The molecule has 0 spiro atoms. The molecule has 3 rings (SSSR count). The van der Waals surface area contributed by atoms with Crippen LogP contribution in [-0.4, -0.2) is 6.54 Å². The van der Waals surface area contributed by atoms with Crippen molar-refractivity contribution in [2.75, 3.05) is 6.54 Å². The lowest BCUT2D eigenvalue weighted by molar-refractivity contribution is 0.602. The molecule has 0 aromatic heterocycles. The zero-order valence-corrected chi connectivity index (χ0v) is 10.5. The molecule has 0 bridgehead atoms. The van der Waals surface area contributed by atoms with Crippen LogP contribution in [0.25, 0.3) is 6.08 Å².